The average molecular weight is 306 g/mol. The quantitative estimate of drug-likeness (QED) is 0.921. The fourth-order valence-electron chi connectivity index (χ4n) is 1.57. The van der Waals surface area contributed by atoms with E-state index in [9.17, 15) is 4.79 Å². The Balaban J connectivity index is 1.84. The van der Waals surface area contributed by atoms with Crippen molar-refractivity contribution in [1.82, 2.24) is 10.3 Å². The van der Waals surface area contributed by atoms with E-state index in [2.05, 4.69) is 10.3 Å². The first kappa shape index (κ1) is 15.3. The Morgan fingerprint density at radius 3 is 2.48 bits per heavy atom. The molecule has 0 aliphatic carbocycles. The highest BCUT2D eigenvalue weighted by Gasteiger charge is 2.13. The van der Waals surface area contributed by atoms with Gasteiger partial charge in [0, 0.05) is 17.1 Å². The van der Waals surface area contributed by atoms with Crippen LogP contribution in [0.5, 0.6) is 16.7 Å². The number of rotatable bonds is 5. The van der Waals surface area contributed by atoms with E-state index in [1.165, 1.54) is 11.3 Å². The summed E-state index contributed by atoms with van der Waals surface area (Å²) in [7, 11) is 0. The van der Waals surface area contributed by atoms with Gasteiger partial charge in [0.25, 0.3) is 11.1 Å². The molecule has 0 bridgehead atoms. The Morgan fingerprint density at radius 2 is 1.90 bits per heavy atom. The molecule has 21 heavy (non-hydrogen) atoms. The molecule has 1 aromatic carbocycles. The van der Waals surface area contributed by atoms with Gasteiger partial charge >= 0.3 is 0 Å². The second-order valence-corrected chi connectivity index (χ2v) is 6.32. The molecule has 6 heteroatoms. The van der Waals surface area contributed by atoms with Gasteiger partial charge in [0.05, 0.1) is 0 Å². The van der Waals surface area contributed by atoms with Crippen molar-refractivity contribution >= 4 is 17.2 Å². The van der Waals surface area contributed by atoms with Crippen molar-refractivity contribution in [3.63, 3.8) is 0 Å². The van der Waals surface area contributed by atoms with Crippen LogP contribution in [0.15, 0.2) is 35.8 Å². The number of hydrogen-bond acceptors (Lipinski definition) is 5. The molecule has 0 aliphatic heterocycles. The minimum absolute atomic E-state index is 0.00997. The zero-order valence-electron chi connectivity index (χ0n) is 12.3. The maximum absolute atomic E-state index is 11.6. The lowest BCUT2D eigenvalue weighted by atomic mass is 10.1. The highest BCUT2D eigenvalue weighted by molar-refractivity contribution is 7.11. The Hall–Kier alpha value is -2.08. The molecule has 1 heterocycles. The summed E-state index contributed by atoms with van der Waals surface area (Å²) in [6.45, 7) is 5.77. The number of thiazole rings is 1. The normalized spacial score (nSPS) is 11.0. The van der Waals surface area contributed by atoms with Crippen LogP contribution in [0.25, 0.3) is 0 Å². The van der Waals surface area contributed by atoms with Crippen molar-refractivity contribution in [2.45, 2.75) is 26.3 Å². The summed E-state index contributed by atoms with van der Waals surface area (Å²) < 4.78 is 11.0. The molecule has 0 saturated carbocycles. The smallest absolute Gasteiger partial charge is 0.278 e. The molecular weight excluding hydrogens is 288 g/mol. The van der Waals surface area contributed by atoms with Gasteiger partial charge in [-0.25, -0.2) is 4.98 Å². The van der Waals surface area contributed by atoms with Gasteiger partial charge in [-0.1, -0.05) is 11.3 Å². The number of aromatic nitrogens is 1. The number of benzene rings is 1. The number of amides is 1. The minimum atomic E-state index is -0.258. The first-order valence-electron chi connectivity index (χ1n) is 6.54. The molecule has 2 aromatic rings. The molecule has 0 unspecified atom stereocenters. The molecule has 0 atom stereocenters. The topological polar surface area (TPSA) is 60.5 Å². The number of nitrogens with zero attached hydrogens (tertiary/aromatic N) is 1. The molecular formula is C15H18N2O3S. The first-order chi connectivity index (χ1) is 9.92. The summed E-state index contributed by atoms with van der Waals surface area (Å²) in [4.78, 5) is 15.7. The second-order valence-electron chi connectivity index (χ2n) is 5.46. The third-order valence-electron chi connectivity index (χ3n) is 2.32. The van der Waals surface area contributed by atoms with E-state index < -0.39 is 0 Å². The summed E-state index contributed by atoms with van der Waals surface area (Å²) in [5.41, 5.74) is -0.258. The lowest BCUT2D eigenvalue weighted by Gasteiger charge is -2.20. The lowest BCUT2D eigenvalue weighted by Crippen LogP contribution is -2.43. The van der Waals surface area contributed by atoms with E-state index in [0.29, 0.717) is 16.7 Å². The third kappa shape index (κ3) is 5.43. The highest BCUT2D eigenvalue weighted by atomic mass is 32.1. The van der Waals surface area contributed by atoms with Crippen molar-refractivity contribution in [1.29, 1.82) is 0 Å². The number of ether oxygens (including phenoxy) is 2. The van der Waals surface area contributed by atoms with E-state index in [1.54, 1.807) is 30.5 Å². The van der Waals surface area contributed by atoms with Crippen molar-refractivity contribution in [3.8, 4) is 16.7 Å². The Labute approximate surface area is 127 Å². The molecule has 2 rings (SSSR count). The van der Waals surface area contributed by atoms with Gasteiger partial charge in [-0.15, -0.1) is 0 Å². The molecule has 112 valence electrons. The number of nitrogens with one attached hydrogen (secondary N) is 1. The van der Waals surface area contributed by atoms with E-state index in [1.807, 2.05) is 26.2 Å². The van der Waals surface area contributed by atoms with Gasteiger partial charge in [0.1, 0.15) is 11.5 Å². The molecule has 1 amide bonds. The molecule has 1 aromatic heterocycles. The molecule has 1 N–H and O–H groups in total. The van der Waals surface area contributed by atoms with Gasteiger partial charge in [-0.2, -0.15) is 0 Å². The maximum Gasteiger partial charge on any atom is 0.278 e. The number of carbonyl (C=O) groups is 1. The number of carbonyl (C=O) groups excluding carboxylic acids is 1. The van der Waals surface area contributed by atoms with E-state index in [4.69, 9.17) is 9.47 Å². The van der Waals surface area contributed by atoms with Crippen LogP contribution in [-0.2, 0) is 4.79 Å². The fourth-order valence-corrected chi connectivity index (χ4v) is 2.07. The predicted octanol–water partition coefficient (Wildman–Crippen LogP) is 3.23. The summed E-state index contributed by atoms with van der Waals surface area (Å²) in [5.74, 6) is 1.15. The maximum atomic E-state index is 11.6. The lowest BCUT2D eigenvalue weighted by molar-refractivity contribution is -0.124. The SMILES string of the molecule is CC(C)(C)NC(=O)COc1ccc(Oc2nccs2)cc1. The van der Waals surface area contributed by atoms with E-state index >= 15 is 0 Å². The monoisotopic (exact) mass is 306 g/mol. The van der Waals surface area contributed by atoms with Crippen LogP contribution in [0.4, 0.5) is 0 Å². The predicted molar refractivity (Wildman–Crippen MR) is 82.0 cm³/mol. The standard InChI is InChI=1S/C15H18N2O3S/c1-15(2,3)17-13(18)10-19-11-4-6-12(7-5-11)20-14-16-8-9-21-14/h4-9H,10H2,1-3H3,(H,17,18). The van der Waals surface area contributed by atoms with Crippen LogP contribution < -0.4 is 14.8 Å². The summed E-state index contributed by atoms with van der Waals surface area (Å²) in [6.07, 6.45) is 1.69. The van der Waals surface area contributed by atoms with Gasteiger partial charge in [-0.3, -0.25) is 4.79 Å². The molecule has 0 aliphatic rings. The van der Waals surface area contributed by atoms with Crippen LogP contribution >= 0.6 is 11.3 Å². The molecule has 0 saturated heterocycles. The molecule has 0 fully saturated rings. The van der Waals surface area contributed by atoms with Crippen LogP contribution in [0.1, 0.15) is 20.8 Å². The van der Waals surface area contributed by atoms with Crippen LogP contribution in [-0.4, -0.2) is 23.0 Å². The average Bonchev–Trinajstić information content (AvgIpc) is 2.89. The Kier molecular flexibility index (Phi) is 4.80. The Morgan fingerprint density at radius 1 is 1.24 bits per heavy atom. The second kappa shape index (κ2) is 6.58. The van der Waals surface area contributed by atoms with Gasteiger partial charge < -0.3 is 14.8 Å². The van der Waals surface area contributed by atoms with E-state index in [-0.39, 0.29) is 18.1 Å². The van der Waals surface area contributed by atoms with Crippen molar-refractivity contribution in [2.75, 3.05) is 6.61 Å². The van der Waals surface area contributed by atoms with Gasteiger partial charge in [-0.05, 0) is 45.0 Å². The summed E-state index contributed by atoms with van der Waals surface area (Å²) in [5, 5.41) is 5.27. The van der Waals surface area contributed by atoms with Crippen LogP contribution in [0, 0.1) is 0 Å². The van der Waals surface area contributed by atoms with Gasteiger partial charge in [0.2, 0.25) is 0 Å². The molecule has 0 spiro atoms. The third-order valence-corrected chi connectivity index (χ3v) is 2.97. The van der Waals surface area contributed by atoms with Crippen LogP contribution in [0.3, 0.4) is 0 Å². The fraction of sp³-hybridized carbons (Fsp3) is 0.333. The first-order valence-corrected chi connectivity index (χ1v) is 7.41. The van der Waals surface area contributed by atoms with Crippen molar-refractivity contribution < 1.29 is 14.3 Å². The van der Waals surface area contributed by atoms with Crippen LogP contribution in [0.2, 0.25) is 0 Å². The summed E-state index contributed by atoms with van der Waals surface area (Å²) in [6, 6.07) is 7.07. The zero-order chi connectivity index (χ0) is 15.3. The van der Waals surface area contributed by atoms with Crippen molar-refractivity contribution in [3.05, 3.63) is 35.8 Å². The Bertz CT molecular complexity index is 574. The van der Waals surface area contributed by atoms with Gasteiger partial charge in [0.15, 0.2) is 6.61 Å². The molecule has 5 nitrogen and oxygen atoms in total. The zero-order valence-corrected chi connectivity index (χ0v) is 13.1. The molecule has 0 radical (unpaired) electrons. The van der Waals surface area contributed by atoms with E-state index in [0.717, 1.165) is 0 Å². The highest BCUT2D eigenvalue weighted by Crippen LogP contribution is 2.25. The summed E-state index contributed by atoms with van der Waals surface area (Å²) >= 11 is 1.42. The van der Waals surface area contributed by atoms with Crippen molar-refractivity contribution in [2.24, 2.45) is 0 Å². The number of hydrogen-bond donors (Lipinski definition) is 1. The largest absolute Gasteiger partial charge is 0.484 e. The minimum Gasteiger partial charge on any atom is -0.484 e.